The standard InChI is InChI=1S/C27H35Cl2FN4O4S/c1-39-14-9-22(31)25(35)32-23(16-18-5-7-20(30)8-6-18)26(36)33-24(27(37)38)17-19-3-2-4-21(15-19)34(12-10-28)13-11-29/h2-8,15,22-24H,9-14,16-17,31H2,1H3,(H,32,35)(H,33,36)(H,37,38)/t22-,23-,24-/m0/s1. The van der Waals surface area contributed by atoms with Crippen LogP contribution in [-0.2, 0) is 27.2 Å². The van der Waals surface area contributed by atoms with Gasteiger partial charge in [-0.15, -0.1) is 23.2 Å². The van der Waals surface area contributed by atoms with E-state index in [0.29, 0.717) is 48.2 Å². The second kappa shape index (κ2) is 17.2. The van der Waals surface area contributed by atoms with E-state index >= 15 is 0 Å². The lowest BCUT2D eigenvalue weighted by molar-refractivity contribution is -0.142. The number of carbonyl (C=O) groups is 3. The number of rotatable bonds is 17. The quantitative estimate of drug-likeness (QED) is 0.206. The maximum atomic E-state index is 13.4. The molecule has 214 valence electrons. The van der Waals surface area contributed by atoms with Gasteiger partial charge in [0.1, 0.15) is 17.9 Å². The molecular weight excluding hydrogens is 566 g/mol. The van der Waals surface area contributed by atoms with Crippen molar-refractivity contribution in [2.75, 3.05) is 41.8 Å². The van der Waals surface area contributed by atoms with E-state index in [1.807, 2.05) is 23.3 Å². The summed E-state index contributed by atoms with van der Waals surface area (Å²) in [6.07, 6.45) is 2.34. The first-order chi connectivity index (χ1) is 18.7. The van der Waals surface area contributed by atoms with E-state index in [1.54, 1.807) is 23.9 Å². The fourth-order valence-electron chi connectivity index (χ4n) is 3.88. The molecule has 12 heteroatoms. The summed E-state index contributed by atoms with van der Waals surface area (Å²) in [5.74, 6) is -1.41. The Morgan fingerprint density at radius 3 is 2.18 bits per heavy atom. The highest BCUT2D eigenvalue weighted by molar-refractivity contribution is 7.98. The van der Waals surface area contributed by atoms with Gasteiger partial charge in [0.2, 0.25) is 11.8 Å². The number of hydrogen-bond acceptors (Lipinski definition) is 6. The lowest BCUT2D eigenvalue weighted by Crippen LogP contribution is -2.55. The Hall–Kier alpha value is -2.53. The molecule has 0 aliphatic rings. The molecule has 0 radical (unpaired) electrons. The van der Waals surface area contributed by atoms with Gasteiger partial charge in [0.05, 0.1) is 6.04 Å². The molecule has 2 aromatic rings. The molecule has 0 saturated heterocycles. The molecule has 0 fully saturated rings. The Morgan fingerprint density at radius 2 is 1.59 bits per heavy atom. The summed E-state index contributed by atoms with van der Waals surface area (Å²) in [7, 11) is 0. The minimum Gasteiger partial charge on any atom is -0.480 e. The van der Waals surface area contributed by atoms with Crippen LogP contribution in [0, 0.1) is 5.82 Å². The van der Waals surface area contributed by atoms with Crippen LogP contribution in [0.4, 0.5) is 10.1 Å². The lowest BCUT2D eigenvalue weighted by Gasteiger charge is -2.25. The minimum absolute atomic E-state index is 0.00888. The number of carboxylic acids is 1. The van der Waals surface area contributed by atoms with Crippen molar-refractivity contribution in [1.29, 1.82) is 0 Å². The average Bonchev–Trinajstić information content (AvgIpc) is 2.92. The van der Waals surface area contributed by atoms with Crippen LogP contribution in [0.15, 0.2) is 48.5 Å². The first kappa shape index (κ1) is 32.7. The highest BCUT2D eigenvalue weighted by atomic mass is 35.5. The molecule has 0 aliphatic carbocycles. The van der Waals surface area contributed by atoms with Crippen LogP contribution in [0.3, 0.4) is 0 Å². The van der Waals surface area contributed by atoms with E-state index < -0.39 is 41.7 Å². The zero-order valence-electron chi connectivity index (χ0n) is 21.7. The number of alkyl halides is 2. The summed E-state index contributed by atoms with van der Waals surface area (Å²) in [4.78, 5) is 40.1. The lowest BCUT2D eigenvalue weighted by atomic mass is 10.0. The Balaban J connectivity index is 2.21. The largest absolute Gasteiger partial charge is 0.480 e. The second-order valence-corrected chi connectivity index (χ2v) is 10.7. The van der Waals surface area contributed by atoms with Crippen LogP contribution in [-0.4, -0.2) is 77.9 Å². The van der Waals surface area contributed by atoms with Crippen LogP contribution in [0.25, 0.3) is 0 Å². The van der Waals surface area contributed by atoms with Crippen LogP contribution >= 0.6 is 35.0 Å². The molecule has 0 unspecified atom stereocenters. The summed E-state index contributed by atoms with van der Waals surface area (Å²) < 4.78 is 13.4. The molecule has 0 heterocycles. The van der Waals surface area contributed by atoms with Gasteiger partial charge in [-0.2, -0.15) is 11.8 Å². The van der Waals surface area contributed by atoms with Crippen molar-refractivity contribution in [2.45, 2.75) is 37.4 Å². The second-order valence-electron chi connectivity index (χ2n) is 8.92. The Bertz CT molecular complexity index is 1070. The fraction of sp³-hybridized carbons (Fsp3) is 0.444. The third-order valence-corrected chi connectivity index (χ3v) is 6.98. The SMILES string of the molecule is CSCC[C@H](N)C(=O)N[C@@H](Cc1ccc(F)cc1)C(=O)N[C@@H](Cc1cccc(N(CCCl)CCCl)c1)C(=O)O. The molecule has 0 aromatic heterocycles. The maximum Gasteiger partial charge on any atom is 0.326 e. The predicted octanol–water partition coefficient (Wildman–Crippen LogP) is 3.03. The Morgan fingerprint density at radius 1 is 0.974 bits per heavy atom. The molecule has 2 aromatic carbocycles. The molecule has 2 amide bonds. The van der Waals surface area contributed by atoms with Crippen molar-refractivity contribution < 1.29 is 23.9 Å². The summed E-state index contributed by atoms with van der Waals surface area (Å²) in [5, 5.41) is 15.1. The predicted molar refractivity (Wildman–Crippen MR) is 156 cm³/mol. The first-order valence-electron chi connectivity index (χ1n) is 12.5. The molecule has 0 spiro atoms. The van der Waals surface area contributed by atoms with Gasteiger partial charge in [0, 0.05) is 43.4 Å². The monoisotopic (exact) mass is 600 g/mol. The van der Waals surface area contributed by atoms with Gasteiger partial charge in [-0.05, 0) is 53.8 Å². The number of nitrogens with zero attached hydrogens (tertiary/aromatic N) is 1. The summed E-state index contributed by atoms with van der Waals surface area (Å²) in [5.41, 5.74) is 8.09. The molecule has 3 atom stereocenters. The van der Waals surface area contributed by atoms with Crippen LogP contribution in [0.2, 0.25) is 0 Å². The van der Waals surface area contributed by atoms with E-state index in [-0.39, 0.29) is 12.8 Å². The highest BCUT2D eigenvalue weighted by Crippen LogP contribution is 2.18. The molecule has 0 saturated carbocycles. The van der Waals surface area contributed by atoms with Crippen LogP contribution < -0.4 is 21.3 Å². The van der Waals surface area contributed by atoms with Crippen LogP contribution in [0.1, 0.15) is 17.5 Å². The number of benzene rings is 2. The van der Waals surface area contributed by atoms with E-state index in [9.17, 15) is 23.9 Å². The molecule has 0 aliphatic heterocycles. The van der Waals surface area contributed by atoms with Crippen LogP contribution in [0.5, 0.6) is 0 Å². The smallest absolute Gasteiger partial charge is 0.326 e. The third-order valence-electron chi connectivity index (χ3n) is 5.99. The molecule has 2 rings (SSSR count). The number of nitrogens with two attached hydrogens (primary N) is 1. The normalized spacial score (nSPS) is 13.3. The number of nitrogens with one attached hydrogen (secondary N) is 2. The van der Waals surface area contributed by atoms with Crippen molar-refractivity contribution in [3.63, 3.8) is 0 Å². The van der Waals surface area contributed by atoms with Gasteiger partial charge in [0.15, 0.2) is 0 Å². The number of hydrogen-bond donors (Lipinski definition) is 4. The number of amides is 2. The Labute approximate surface area is 242 Å². The van der Waals surface area contributed by atoms with E-state index in [2.05, 4.69) is 10.6 Å². The van der Waals surface area contributed by atoms with Gasteiger partial charge >= 0.3 is 5.97 Å². The fourth-order valence-corrected chi connectivity index (χ4v) is 4.78. The minimum atomic E-state index is -1.26. The number of halogens is 3. The number of anilines is 1. The van der Waals surface area contributed by atoms with Gasteiger partial charge < -0.3 is 26.4 Å². The number of carboxylic acid groups (broad SMARTS) is 1. The van der Waals surface area contributed by atoms with E-state index in [4.69, 9.17) is 28.9 Å². The van der Waals surface area contributed by atoms with Crippen molar-refractivity contribution in [3.8, 4) is 0 Å². The summed E-state index contributed by atoms with van der Waals surface area (Å²) in [6.45, 7) is 1.14. The van der Waals surface area contributed by atoms with Gasteiger partial charge in [0.25, 0.3) is 0 Å². The highest BCUT2D eigenvalue weighted by Gasteiger charge is 2.28. The van der Waals surface area contributed by atoms with Gasteiger partial charge in [-0.25, -0.2) is 9.18 Å². The zero-order valence-corrected chi connectivity index (χ0v) is 24.1. The maximum absolute atomic E-state index is 13.4. The summed E-state index contributed by atoms with van der Waals surface area (Å²) in [6, 6.07) is 9.59. The molecule has 5 N–H and O–H groups in total. The zero-order chi connectivity index (χ0) is 28.8. The molecule has 0 bridgehead atoms. The van der Waals surface area contributed by atoms with E-state index in [0.717, 1.165) is 5.69 Å². The topological polar surface area (TPSA) is 125 Å². The number of carbonyl (C=O) groups excluding carboxylic acids is 2. The molecular formula is C27H35Cl2FN4O4S. The first-order valence-corrected chi connectivity index (χ1v) is 14.9. The van der Waals surface area contributed by atoms with Crippen molar-refractivity contribution in [1.82, 2.24) is 10.6 Å². The molecule has 8 nitrogen and oxygen atoms in total. The number of aliphatic carboxylic acids is 1. The number of thioether (sulfide) groups is 1. The third kappa shape index (κ3) is 11.2. The molecule has 39 heavy (non-hydrogen) atoms. The van der Waals surface area contributed by atoms with Gasteiger partial charge in [-0.3, -0.25) is 9.59 Å². The average molecular weight is 602 g/mol. The van der Waals surface area contributed by atoms with Gasteiger partial charge in [-0.1, -0.05) is 24.3 Å². The summed E-state index contributed by atoms with van der Waals surface area (Å²) >= 11 is 13.4. The Kier molecular flexibility index (Phi) is 14.4. The van der Waals surface area contributed by atoms with Crippen molar-refractivity contribution >= 4 is 58.4 Å². The van der Waals surface area contributed by atoms with Crippen molar-refractivity contribution in [2.24, 2.45) is 5.73 Å². The van der Waals surface area contributed by atoms with Crippen molar-refractivity contribution in [3.05, 3.63) is 65.5 Å². The van der Waals surface area contributed by atoms with E-state index in [1.165, 1.54) is 24.3 Å².